The van der Waals surface area contributed by atoms with Gasteiger partial charge >= 0.3 is 0 Å². The molecule has 2 nitrogen and oxygen atoms in total. The highest BCUT2D eigenvalue weighted by molar-refractivity contribution is 6.02. The van der Waals surface area contributed by atoms with Crippen molar-refractivity contribution < 1.29 is 0 Å². The molecule has 2 aliphatic rings. The van der Waals surface area contributed by atoms with Gasteiger partial charge in [-0.2, -0.15) is 10.2 Å². The molecule has 0 N–H and O–H groups in total. The average Bonchev–Trinajstić information content (AvgIpc) is 2.70. The van der Waals surface area contributed by atoms with E-state index in [1.54, 1.807) is 0 Å². The second kappa shape index (κ2) is 4.44. The summed E-state index contributed by atoms with van der Waals surface area (Å²) in [6, 6.07) is 8.62. The minimum absolute atomic E-state index is 0.710. The van der Waals surface area contributed by atoms with Crippen LogP contribution in [-0.4, -0.2) is 11.4 Å². The quantitative estimate of drug-likeness (QED) is 0.697. The van der Waals surface area contributed by atoms with Crippen molar-refractivity contribution in [3.8, 4) is 0 Å². The van der Waals surface area contributed by atoms with Crippen LogP contribution in [0.3, 0.4) is 0 Å². The highest BCUT2D eigenvalue weighted by Gasteiger charge is 2.25. The number of aryl methyl sites for hydroxylation is 1. The minimum Gasteiger partial charge on any atom is -0.160 e. The van der Waals surface area contributed by atoms with Crippen LogP contribution in [0, 0.1) is 12.8 Å². The molecule has 1 unspecified atom stereocenters. The van der Waals surface area contributed by atoms with Crippen LogP contribution in [0.5, 0.6) is 0 Å². The molecule has 3 rings (SSSR count). The fourth-order valence-electron chi connectivity index (χ4n) is 2.78. The standard InChI is InChI=1S/C15H18N2/c1-11-5-7-13(8-6-11)15-10-9-12-3-2-4-14(12)16-17-15/h5-8,12H,2-4,9-10H2,1H3. The summed E-state index contributed by atoms with van der Waals surface area (Å²) in [4.78, 5) is 0. The van der Waals surface area contributed by atoms with E-state index in [1.165, 1.54) is 36.1 Å². The van der Waals surface area contributed by atoms with Crippen molar-refractivity contribution >= 4 is 11.4 Å². The summed E-state index contributed by atoms with van der Waals surface area (Å²) in [5.41, 5.74) is 5.03. The maximum Gasteiger partial charge on any atom is 0.0702 e. The van der Waals surface area contributed by atoms with Gasteiger partial charge < -0.3 is 0 Å². The van der Waals surface area contributed by atoms with Crippen LogP contribution in [0.25, 0.3) is 0 Å². The van der Waals surface area contributed by atoms with Gasteiger partial charge in [-0.25, -0.2) is 0 Å². The van der Waals surface area contributed by atoms with Crippen LogP contribution >= 0.6 is 0 Å². The van der Waals surface area contributed by atoms with Crippen molar-refractivity contribution in [2.75, 3.05) is 0 Å². The summed E-state index contributed by atoms with van der Waals surface area (Å²) in [6.07, 6.45) is 6.08. The lowest BCUT2D eigenvalue weighted by Gasteiger charge is -2.07. The van der Waals surface area contributed by atoms with E-state index in [2.05, 4.69) is 41.4 Å². The molecule has 0 bridgehead atoms. The van der Waals surface area contributed by atoms with E-state index in [9.17, 15) is 0 Å². The van der Waals surface area contributed by atoms with Gasteiger partial charge in [0.1, 0.15) is 0 Å². The lowest BCUT2D eigenvalue weighted by atomic mass is 9.96. The van der Waals surface area contributed by atoms with E-state index < -0.39 is 0 Å². The summed E-state index contributed by atoms with van der Waals surface area (Å²) >= 11 is 0. The molecule has 0 aromatic heterocycles. The number of rotatable bonds is 1. The molecule has 17 heavy (non-hydrogen) atoms. The van der Waals surface area contributed by atoms with Gasteiger partial charge in [-0.1, -0.05) is 29.8 Å². The Kier molecular flexibility index (Phi) is 2.79. The van der Waals surface area contributed by atoms with Gasteiger partial charge in [0.05, 0.1) is 5.71 Å². The van der Waals surface area contributed by atoms with Gasteiger partial charge in [0.2, 0.25) is 0 Å². The Labute approximate surface area is 102 Å². The van der Waals surface area contributed by atoms with E-state index >= 15 is 0 Å². The highest BCUT2D eigenvalue weighted by atomic mass is 15.2. The highest BCUT2D eigenvalue weighted by Crippen LogP contribution is 2.29. The molecular weight excluding hydrogens is 208 g/mol. The van der Waals surface area contributed by atoms with Gasteiger partial charge in [0, 0.05) is 5.71 Å². The van der Waals surface area contributed by atoms with E-state index in [1.807, 2.05) is 0 Å². The molecule has 1 aromatic carbocycles. The summed E-state index contributed by atoms with van der Waals surface area (Å²) in [6.45, 7) is 2.11. The SMILES string of the molecule is Cc1ccc(C2=NN=C3CCCC3CC2)cc1. The first-order valence-corrected chi connectivity index (χ1v) is 6.53. The van der Waals surface area contributed by atoms with Crippen molar-refractivity contribution in [2.45, 2.75) is 39.0 Å². The van der Waals surface area contributed by atoms with Crippen LogP contribution in [0.4, 0.5) is 0 Å². The lowest BCUT2D eigenvalue weighted by Crippen LogP contribution is -2.06. The Hall–Kier alpha value is -1.44. The Morgan fingerprint density at radius 3 is 2.65 bits per heavy atom. The van der Waals surface area contributed by atoms with Crippen molar-refractivity contribution in [3.05, 3.63) is 35.4 Å². The zero-order chi connectivity index (χ0) is 11.7. The molecule has 0 radical (unpaired) electrons. The van der Waals surface area contributed by atoms with Crippen LogP contribution < -0.4 is 0 Å². The molecule has 2 heteroatoms. The second-order valence-corrected chi connectivity index (χ2v) is 5.13. The van der Waals surface area contributed by atoms with Gasteiger partial charge in [-0.15, -0.1) is 0 Å². The van der Waals surface area contributed by atoms with Gasteiger partial charge in [-0.3, -0.25) is 0 Å². The summed E-state index contributed by atoms with van der Waals surface area (Å²) < 4.78 is 0. The topological polar surface area (TPSA) is 24.7 Å². The monoisotopic (exact) mass is 226 g/mol. The van der Waals surface area contributed by atoms with Crippen LogP contribution in [0.15, 0.2) is 34.5 Å². The smallest absolute Gasteiger partial charge is 0.0702 e. The van der Waals surface area contributed by atoms with Crippen LogP contribution in [0.2, 0.25) is 0 Å². The number of benzene rings is 1. The molecule has 0 saturated heterocycles. The fraction of sp³-hybridized carbons (Fsp3) is 0.467. The molecular formula is C15H18N2. The molecule has 1 saturated carbocycles. The Balaban J connectivity index is 1.87. The van der Waals surface area contributed by atoms with Gasteiger partial charge in [0.25, 0.3) is 0 Å². The number of hydrogen-bond acceptors (Lipinski definition) is 2. The largest absolute Gasteiger partial charge is 0.160 e. The molecule has 1 fully saturated rings. The normalized spacial score (nSPS) is 23.7. The van der Waals surface area contributed by atoms with Crippen LogP contribution in [0.1, 0.15) is 43.2 Å². The number of fused-ring (bicyclic) bond motifs is 1. The summed E-state index contributed by atoms with van der Waals surface area (Å²) in [7, 11) is 0. The van der Waals surface area contributed by atoms with E-state index in [4.69, 9.17) is 0 Å². The molecule has 88 valence electrons. The molecule has 1 aliphatic carbocycles. The fourth-order valence-corrected chi connectivity index (χ4v) is 2.78. The minimum atomic E-state index is 0.710. The van der Waals surface area contributed by atoms with E-state index in [0.717, 1.165) is 18.6 Å². The molecule has 1 aromatic rings. The third kappa shape index (κ3) is 2.17. The molecule has 1 aliphatic heterocycles. The summed E-state index contributed by atoms with van der Waals surface area (Å²) in [5, 5.41) is 8.94. The number of nitrogens with zero attached hydrogens (tertiary/aromatic N) is 2. The molecule has 0 spiro atoms. The predicted octanol–water partition coefficient (Wildman–Crippen LogP) is 3.73. The van der Waals surface area contributed by atoms with Crippen molar-refractivity contribution in [3.63, 3.8) is 0 Å². The zero-order valence-corrected chi connectivity index (χ0v) is 10.3. The molecule has 1 heterocycles. The third-order valence-electron chi connectivity index (χ3n) is 3.87. The molecule has 0 amide bonds. The van der Waals surface area contributed by atoms with Crippen LogP contribution in [-0.2, 0) is 0 Å². The lowest BCUT2D eigenvalue weighted by molar-refractivity contribution is 0.627. The van der Waals surface area contributed by atoms with E-state index in [0.29, 0.717) is 5.92 Å². The zero-order valence-electron chi connectivity index (χ0n) is 10.3. The first-order chi connectivity index (χ1) is 8.33. The average molecular weight is 226 g/mol. The van der Waals surface area contributed by atoms with Gasteiger partial charge in [-0.05, 0) is 50.5 Å². The maximum atomic E-state index is 4.47. The second-order valence-electron chi connectivity index (χ2n) is 5.13. The summed E-state index contributed by atoms with van der Waals surface area (Å²) in [5.74, 6) is 0.710. The Bertz CT molecular complexity index is 468. The third-order valence-corrected chi connectivity index (χ3v) is 3.87. The predicted molar refractivity (Wildman–Crippen MR) is 71.7 cm³/mol. The molecule has 1 atom stereocenters. The van der Waals surface area contributed by atoms with Gasteiger partial charge in [0.15, 0.2) is 0 Å². The van der Waals surface area contributed by atoms with Crippen molar-refractivity contribution in [2.24, 2.45) is 16.1 Å². The van der Waals surface area contributed by atoms with Crippen molar-refractivity contribution in [1.82, 2.24) is 0 Å². The van der Waals surface area contributed by atoms with E-state index in [-0.39, 0.29) is 0 Å². The first-order valence-electron chi connectivity index (χ1n) is 6.53. The Morgan fingerprint density at radius 1 is 1.00 bits per heavy atom. The Morgan fingerprint density at radius 2 is 1.82 bits per heavy atom. The first kappa shape index (κ1) is 10.7. The van der Waals surface area contributed by atoms with Crippen molar-refractivity contribution in [1.29, 1.82) is 0 Å². The maximum absolute atomic E-state index is 4.47. The number of hydrogen-bond donors (Lipinski definition) is 0.